The van der Waals surface area contributed by atoms with Crippen LogP contribution >= 0.6 is 0 Å². The SMILES string of the molecule is CC(C)CC1CN(C2C(C)(C)C2(C)C)CCN1. The molecule has 1 aliphatic heterocycles. The Bertz CT molecular complexity index is 267. The molecule has 1 saturated heterocycles. The molecule has 2 aliphatic rings. The van der Waals surface area contributed by atoms with Crippen molar-refractivity contribution >= 4 is 0 Å². The van der Waals surface area contributed by atoms with E-state index in [0.717, 1.165) is 12.0 Å². The third-order valence-electron chi connectivity index (χ3n) is 5.35. The maximum atomic E-state index is 3.68. The van der Waals surface area contributed by atoms with Crippen molar-refractivity contribution in [2.75, 3.05) is 19.6 Å². The normalized spacial score (nSPS) is 33.0. The van der Waals surface area contributed by atoms with Gasteiger partial charge in [0.1, 0.15) is 0 Å². The summed E-state index contributed by atoms with van der Waals surface area (Å²) >= 11 is 0. The van der Waals surface area contributed by atoms with Gasteiger partial charge in [-0.1, -0.05) is 41.5 Å². The maximum Gasteiger partial charge on any atom is 0.0210 e. The summed E-state index contributed by atoms with van der Waals surface area (Å²) in [5.41, 5.74) is 0.986. The van der Waals surface area contributed by atoms with Crippen molar-refractivity contribution in [3.63, 3.8) is 0 Å². The van der Waals surface area contributed by atoms with Gasteiger partial charge in [-0.05, 0) is 23.2 Å². The Morgan fingerprint density at radius 1 is 1.18 bits per heavy atom. The molecular formula is C15H30N2. The van der Waals surface area contributed by atoms with Gasteiger partial charge in [0.2, 0.25) is 0 Å². The van der Waals surface area contributed by atoms with Gasteiger partial charge >= 0.3 is 0 Å². The molecule has 0 amide bonds. The molecule has 0 aromatic carbocycles. The van der Waals surface area contributed by atoms with E-state index in [9.17, 15) is 0 Å². The number of nitrogens with zero attached hydrogens (tertiary/aromatic N) is 1. The highest BCUT2D eigenvalue weighted by molar-refractivity contribution is 5.19. The molecule has 1 aliphatic carbocycles. The highest BCUT2D eigenvalue weighted by atomic mass is 15.3. The van der Waals surface area contributed by atoms with E-state index in [1.807, 2.05) is 0 Å². The van der Waals surface area contributed by atoms with Crippen LogP contribution in [0, 0.1) is 16.7 Å². The Kier molecular flexibility index (Phi) is 3.33. The molecular weight excluding hydrogens is 208 g/mol. The van der Waals surface area contributed by atoms with Crippen LogP contribution in [0.5, 0.6) is 0 Å². The van der Waals surface area contributed by atoms with Gasteiger partial charge in [-0.25, -0.2) is 0 Å². The lowest BCUT2D eigenvalue weighted by Gasteiger charge is -2.36. The monoisotopic (exact) mass is 238 g/mol. The summed E-state index contributed by atoms with van der Waals surface area (Å²) in [5.74, 6) is 0.799. The number of rotatable bonds is 3. The van der Waals surface area contributed by atoms with E-state index >= 15 is 0 Å². The molecule has 1 N–H and O–H groups in total. The van der Waals surface area contributed by atoms with Crippen LogP contribution in [0.2, 0.25) is 0 Å². The van der Waals surface area contributed by atoms with E-state index in [4.69, 9.17) is 0 Å². The summed E-state index contributed by atoms with van der Waals surface area (Å²) in [4.78, 5) is 2.74. The van der Waals surface area contributed by atoms with Gasteiger partial charge < -0.3 is 5.32 Å². The third kappa shape index (κ3) is 2.26. The summed E-state index contributed by atoms with van der Waals surface area (Å²) in [6, 6.07) is 1.49. The fraction of sp³-hybridized carbons (Fsp3) is 1.00. The van der Waals surface area contributed by atoms with Crippen molar-refractivity contribution in [3.8, 4) is 0 Å². The van der Waals surface area contributed by atoms with Gasteiger partial charge in [0, 0.05) is 31.7 Å². The van der Waals surface area contributed by atoms with Crippen LogP contribution in [0.4, 0.5) is 0 Å². The van der Waals surface area contributed by atoms with Crippen molar-refractivity contribution < 1.29 is 0 Å². The third-order valence-corrected chi connectivity index (χ3v) is 5.35. The highest BCUT2D eigenvalue weighted by Crippen LogP contribution is 2.65. The minimum absolute atomic E-state index is 0.493. The quantitative estimate of drug-likeness (QED) is 0.813. The Balaban J connectivity index is 1.95. The Morgan fingerprint density at radius 3 is 2.24 bits per heavy atom. The molecule has 2 rings (SSSR count). The topological polar surface area (TPSA) is 15.3 Å². The lowest BCUT2D eigenvalue weighted by Crippen LogP contribution is -2.52. The van der Waals surface area contributed by atoms with Crippen LogP contribution in [0.3, 0.4) is 0 Å². The molecule has 0 spiro atoms. The predicted molar refractivity (Wildman–Crippen MR) is 74.2 cm³/mol. The molecule has 1 heterocycles. The van der Waals surface area contributed by atoms with Crippen LogP contribution in [-0.4, -0.2) is 36.6 Å². The van der Waals surface area contributed by atoms with E-state index in [1.165, 1.54) is 26.1 Å². The lowest BCUT2D eigenvalue weighted by atomic mass is 10.0. The molecule has 0 aromatic heterocycles. The number of hydrogen-bond donors (Lipinski definition) is 1. The molecule has 1 atom stereocenters. The summed E-state index contributed by atoms with van der Waals surface area (Å²) < 4.78 is 0. The molecule has 0 aromatic rings. The smallest absolute Gasteiger partial charge is 0.0210 e. The summed E-state index contributed by atoms with van der Waals surface area (Å²) in [6.45, 7) is 18.0. The minimum atomic E-state index is 0.493. The van der Waals surface area contributed by atoms with Crippen molar-refractivity contribution in [3.05, 3.63) is 0 Å². The van der Waals surface area contributed by atoms with Crippen LogP contribution in [0.1, 0.15) is 48.0 Å². The maximum absolute atomic E-state index is 3.68. The van der Waals surface area contributed by atoms with Gasteiger partial charge in [-0.3, -0.25) is 4.90 Å². The molecule has 100 valence electrons. The number of hydrogen-bond acceptors (Lipinski definition) is 2. The fourth-order valence-electron chi connectivity index (χ4n) is 3.89. The van der Waals surface area contributed by atoms with Crippen LogP contribution in [-0.2, 0) is 0 Å². The Hall–Kier alpha value is -0.0800. The summed E-state index contributed by atoms with van der Waals surface area (Å²) in [6.07, 6.45) is 1.31. The van der Waals surface area contributed by atoms with Gasteiger partial charge in [-0.2, -0.15) is 0 Å². The summed E-state index contributed by atoms with van der Waals surface area (Å²) in [7, 11) is 0. The minimum Gasteiger partial charge on any atom is -0.311 e. The van der Waals surface area contributed by atoms with E-state index in [2.05, 4.69) is 51.8 Å². The number of nitrogens with one attached hydrogen (secondary N) is 1. The zero-order valence-corrected chi connectivity index (χ0v) is 12.5. The lowest BCUT2D eigenvalue weighted by molar-refractivity contribution is 0.155. The fourth-order valence-corrected chi connectivity index (χ4v) is 3.89. The molecule has 17 heavy (non-hydrogen) atoms. The first-order valence-corrected chi connectivity index (χ1v) is 7.24. The van der Waals surface area contributed by atoms with Crippen molar-refractivity contribution in [1.82, 2.24) is 10.2 Å². The average Bonchev–Trinajstić information content (AvgIpc) is 2.56. The van der Waals surface area contributed by atoms with Gasteiger partial charge in [0.25, 0.3) is 0 Å². The van der Waals surface area contributed by atoms with Crippen LogP contribution < -0.4 is 5.32 Å². The van der Waals surface area contributed by atoms with Crippen LogP contribution in [0.15, 0.2) is 0 Å². The van der Waals surface area contributed by atoms with E-state index in [0.29, 0.717) is 16.9 Å². The van der Waals surface area contributed by atoms with Crippen molar-refractivity contribution in [2.24, 2.45) is 16.7 Å². The first-order valence-electron chi connectivity index (χ1n) is 7.24. The molecule has 2 heteroatoms. The van der Waals surface area contributed by atoms with Gasteiger partial charge in [0.05, 0.1) is 0 Å². The molecule has 1 saturated carbocycles. The van der Waals surface area contributed by atoms with Crippen molar-refractivity contribution in [2.45, 2.75) is 60.0 Å². The van der Waals surface area contributed by atoms with E-state index in [-0.39, 0.29) is 0 Å². The zero-order valence-electron chi connectivity index (χ0n) is 12.5. The average molecular weight is 238 g/mol. The molecule has 2 fully saturated rings. The predicted octanol–water partition coefficient (Wildman–Crippen LogP) is 2.74. The highest BCUT2D eigenvalue weighted by Gasteiger charge is 2.67. The Labute approximate surface area is 107 Å². The van der Waals surface area contributed by atoms with Gasteiger partial charge in [0.15, 0.2) is 0 Å². The Morgan fingerprint density at radius 2 is 1.76 bits per heavy atom. The van der Waals surface area contributed by atoms with Gasteiger partial charge in [-0.15, -0.1) is 0 Å². The second-order valence-corrected chi connectivity index (χ2v) is 7.62. The summed E-state index contributed by atoms with van der Waals surface area (Å²) in [5, 5.41) is 3.68. The number of piperazine rings is 1. The second kappa shape index (κ2) is 4.24. The zero-order chi connectivity index (χ0) is 12.8. The van der Waals surface area contributed by atoms with E-state index < -0.39 is 0 Å². The van der Waals surface area contributed by atoms with Crippen LogP contribution in [0.25, 0.3) is 0 Å². The molecule has 0 radical (unpaired) electrons. The molecule has 0 bridgehead atoms. The van der Waals surface area contributed by atoms with E-state index in [1.54, 1.807) is 0 Å². The largest absolute Gasteiger partial charge is 0.311 e. The molecule has 2 nitrogen and oxygen atoms in total. The first-order chi connectivity index (χ1) is 7.76. The standard InChI is InChI=1S/C15H30N2/c1-11(2)9-12-10-17(8-7-16-12)13-14(3,4)15(13,5)6/h11-13,16H,7-10H2,1-6H3. The first kappa shape index (κ1) is 13.4. The second-order valence-electron chi connectivity index (χ2n) is 7.62. The van der Waals surface area contributed by atoms with Crippen molar-refractivity contribution in [1.29, 1.82) is 0 Å². The molecule has 1 unspecified atom stereocenters.